The predicted molar refractivity (Wildman–Crippen MR) is 151 cm³/mol. The number of hydrogen-bond donors (Lipinski definition) is 1. The van der Waals surface area contributed by atoms with E-state index in [2.05, 4.69) is 56.8 Å². The standard InChI is InChI=1S/C29H41FN4O2Si/c1-20(2)37(21(3)4,25-15-16-31-19-25)29(8,22-10-12-23(30)13-11-22)18-24-14-17-32-26(33-24)34(9)27(35)36-28(5,6)7/h10-17,19-21,31H,18H2,1-9H3. The summed E-state index contributed by atoms with van der Waals surface area (Å²) in [4.78, 5) is 26.5. The van der Waals surface area contributed by atoms with E-state index in [1.54, 1.807) is 25.4 Å². The van der Waals surface area contributed by atoms with Gasteiger partial charge >= 0.3 is 6.09 Å². The Morgan fingerprint density at radius 2 is 1.68 bits per heavy atom. The molecule has 3 aromatic rings. The SMILES string of the molecule is CC(C)[Si](c1cc[nH]c1)(C(C)C)C(C)(Cc1ccnc(N(C)C(=O)OC(C)(C)C)n1)c1ccc(F)cc1. The first-order valence-electron chi connectivity index (χ1n) is 12.9. The molecule has 200 valence electrons. The second-order valence-electron chi connectivity index (χ2n) is 11.7. The van der Waals surface area contributed by atoms with Crippen LogP contribution in [0.1, 0.15) is 66.6 Å². The first kappa shape index (κ1) is 28.6. The number of benzene rings is 1. The van der Waals surface area contributed by atoms with Gasteiger partial charge in [-0.1, -0.05) is 46.8 Å². The van der Waals surface area contributed by atoms with Gasteiger partial charge in [-0.2, -0.15) is 0 Å². The molecule has 0 aliphatic heterocycles. The van der Waals surface area contributed by atoms with Crippen LogP contribution in [0.4, 0.5) is 15.1 Å². The van der Waals surface area contributed by atoms with E-state index < -0.39 is 19.8 Å². The molecule has 0 radical (unpaired) electrons. The van der Waals surface area contributed by atoms with Crippen LogP contribution in [0.2, 0.25) is 11.1 Å². The van der Waals surface area contributed by atoms with Crippen molar-refractivity contribution in [2.45, 2.75) is 83.5 Å². The molecule has 37 heavy (non-hydrogen) atoms. The van der Waals surface area contributed by atoms with Crippen molar-refractivity contribution in [3.05, 3.63) is 72.1 Å². The molecule has 0 spiro atoms. The van der Waals surface area contributed by atoms with Crippen LogP contribution in [0.25, 0.3) is 0 Å². The van der Waals surface area contributed by atoms with Crippen LogP contribution in [0.15, 0.2) is 55.0 Å². The molecule has 8 heteroatoms. The lowest BCUT2D eigenvalue weighted by Gasteiger charge is -2.53. The maximum absolute atomic E-state index is 14.1. The topological polar surface area (TPSA) is 71.1 Å². The largest absolute Gasteiger partial charge is 0.443 e. The average molecular weight is 525 g/mol. The summed E-state index contributed by atoms with van der Waals surface area (Å²) in [7, 11) is -0.768. The fourth-order valence-electron chi connectivity index (χ4n) is 6.23. The van der Waals surface area contributed by atoms with Crippen molar-refractivity contribution >= 4 is 25.3 Å². The number of amides is 1. The Kier molecular flexibility index (Phi) is 8.32. The van der Waals surface area contributed by atoms with E-state index in [0.717, 1.165) is 11.3 Å². The number of nitrogens with zero attached hydrogens (tertiary/aromatic N) is 3. The highest BCUT2D eigenvalue weighted by Gasteiger charge is 2.56. The second-order valence-corrected chi connectivity index (χ2v) is 17.4. The molecule has 0 saturated heterocycles. The van der Waals surface area contributed by atoms with Crippen LogP contribution >= 0.6 is 0 Å². The molecule has 0 bridgehead atoms. The van der Waals surface area contributed by atoms with Gasteiger partial charge in [0, 0.05) is 25.1 Å². The predicted octanol–water partition coefficient (Wildman–Crippen LogP) is 6.53. The summed E-state index contributed by atoms with van der Waals surface area (Å²) in [6.45, 7) is 17.0. The first-order chi connectivity index (χ1) is 17.2. The first-order valence-corrected chi connectivity index (χ1v) is 15.1. The molecule has 1 unspecified atom stereocenters. The van der Waals surface area contributed by atoms with Gasteiger partial charge in [-0.25, -0.2) is 24.1 Å². The number of halogens is 1. The molecular formula is C29H41FN4O2Si. The third kappa shape index (κ3) is 5.64. The average Bonchev–Trinajstić information content (AvgIpc) is 3.32. The Hall–Kier alpha value is -3.00. The molecule has 1 atom stereocenters. The minimum atomic E-state index is -2.39. The highest BCUT2D eigenvalue weighted by Crippen LogP contribution is 2.49. The van der Waals surface area contributed by atoms with Crippen LogP contribution in [0, 0.1) is 5.82 Å². The van der Waals surface area contributed by atoms with Crippen LogP contribution < -0.4 is 10.1 Å². The van der Waals surface area contributed by atoms with E-state index in [4.69, 9.17) is 9.72 Å². The van der Waals surface area contributed by atoms with Gasteiger partial charge in [-0.15, -0.1) is 0 Å². The van der Waals surface area contributed by atoms with Crippen molar-refractivity contribution in [3.8, 4) is 0 Å². The zero-order chi connectivity index (χ0) is 27.6. The molecule has 0 aliphatic rings. The summed E-state index contributed by atoms with van der Waals surface area (Å²) in [6, 6.07) is 11.0. The lowest BCUT2D eigenvalue weighted by atomic mass is 9.94. The highest BCUT2D eigenvalue weighted by molar-refractivity contribution is 6.96. The number of anilines is 1. The molecule has 0 aliphatic carbocycles. The molecule has 2 aromatic heterocycles. The fourth-order valence-corrected chi connectivity index (χ4v) is 13.9. The Bertz CT molecular complexity index is 1180. The summed E-state index contributed by atoms with van der Waals surface area (Å²) in [5.41, 5.74) is 2.04. The number of carbonyl (C=O) groups is 1. The van der Waals surface area contributed by atoms with Crippen LogP contribution in [-0.4, -0.2) is 41.8 Å². The quantitative estimate of drug-likeness (QED) is 0.340. The van der Waals surface area contributed by atoms with Gasteiger partial charge in [0.25, 0.3) is 0 Å². The number of nitrogens with one attached hydrogen (secondary N) is 1. The number of aromatic amines is 1. The van der Waals surface area contributed by atoms with E-state index in [1.807, 2.05) is 45.2 Å². The van der Waals surface area contributed by atoms with E-state index in [1.165, 1.54) is 10.1 Å². The molecule has 1 N–H and O–H groups in total. The molecule has 1 amide bonds. The number of aromatic nitrogens is 3. The van der Waals surface area contributed by atoms with Gasteiger partial charge in [0.2, 0.25) is 5.95 Å². The van der Waals surface area contributed by atoms with Gasteiger partial charge in [-0.05, 0) is 84.5 Å². The van der Waals surface area contributed by atoms with E-state index in [-0.39, 0.29) is 16.8 Å². The smallest absolute Gasteiger partial charge is 0.416 e. The lowest BCUT2D eigenvalue weighted by molar-refractivity contribution is 0.0587. The minimum absolute atomic E-state index is 0.252. The molecule has 1 aromatic carbocycles. The van der Waals surface area contributed by atoms with Crippen molar-refractivity contribution in [2.24, 2.45) is 0 Å². The fraction of sp³-hybridized carbons (Fsp3) is 0.483. The monoisotopic (exact) mass is 524 g/mol. The van der Waals surface area contributed by atoms with Crippen LogP contribution in [0.3, 0.4) is 0 Å². The molecule has 3 rings (SSSR count). The third-order valence-corrected chi connectivity index (χ3v) is 14.7. The molecular weight excluding hydrogens is 483 g/mol. The Morgan fingerprint density at radius 3 is 2.19 bits per heavy atom. The number of rotatable bonds is 8. The van der Waals surface area contributed by atoms with Crippen molar-refractivity contribution < 1.29 is 13.9 Å². The van der Waals surface area contributed by atoms with Gasteiger partial charge in [0.1, 0.15) is 19.5 Å². The number of hydrogen-bond acceptors (Lipinski definition) is 4. The number of ether oxygens (including phenoxy) is 1. The summed E-state index contributed by atoms with van der Waals surface area (Å²) >= 11 is 0. The minimum Gasteiger partial charge on any atom is -0.443 e. The zero-order valence-corrected chi connectivity index (χ0v) is 24.6. The molecule has 0 fully saturated rings. The zero-order valence-electron chi connectivity index (χ0n) is 23.6. The van der Waals surface area contributed by atoms with Crippen molar-refractivity contribution in [1.29, 1.82) is 0 Å². The summed E-state index contributed by atoms with van der Waals surface area (Å²) in [5.74, 6) is 0.0358. The molecule has 0 saturated carbocycles. The van der Waals surface area contributed by atoms with Crippen molar-refractivity contribution in [2.75, 3.05) is 11.9 Å². The van der Waals surface area contributed by atoms with Crippen LogP contribution in [-0.2, 0) is 16.2 Å². The number of H-pyrrole nitrogens is 1. The van der Waals surface area contributed by atoms with Crippen LogP contribution in [0.5, 0.6) is 0 Å². The molecule has 6 nitrogen and oxygen atoms in total. The Balaban J connectivity index is 2.17. The summed E-state index contributed by atoms with van der Waals surface area (Å²) in [6.07, 6.45) is 5.92. The van der Waals surface area contributed by atoms with Gasteiger partial charge < -0.3 is 9.72 Å². The van der Waals surface area contributed by atoms with Crippen molar-refractivity contribution in [3.63, 3.8) is 0 Å². The van der Waals surface area contributed by atoms with E-state index in [9.17, 15) is 9.18 Å². The summed E-state index contributed by atoms with van der Waals surface area (Å²) in [5, 5.41) is 0.992. The van der Waals surface area contributed by atoms with Gasteiger partial charge in [0.15, 0.2) is 0 Å². The maximum atomic E-state index is 14.1. The normalized spacial score (nSPS) is 14.1. The van der Waals surface area contributed by atoms with Gasteiger partial charge in [-0.3, -0.25) is 0 Å². The number of carbonyl (C=O) groups excluding carboxylic acids is 1. The van der Waals surface area contributed by atoms with E-state index in [0.29, 0.717) is 17.5 Å². The van der Waals surface area contributed by atoms with E-state index >= 15 is 0 Å². The highest BCUT2D eigenvalue weighted by atomic mass is 28.3. The third-order valence-electron chi connectivity index (χ3n) is 7.49. The Labute approximate surface area is 221 Å². The molecule has 2 heterocycles. The van der Waals surface area contributed by atoms with Crippen molar-refractivity contribution in [1.82, 2.24) is 15.0 Å². The Morgan fingerprint density at radius 1 is 1.05 bits per heavy atom. The maximum Gasteiger partial charge on any atom is 0.416 e. The summed E-state index contributed by atoms with van der Waals surface area (Å²) < 4.78 is 19.6. The lowest BCUT2D eigenvalue weighted by Crippen LogP contribution is -2.67. The van der Waals surface area contributed by atoms with Gasteiger partial charge in [0.05, 0.1) is 0 Å². The second kappa shape index (κ2) is 10.8.